The van der Waals surface area contributed by atoms with Crippen molar-refractivity contribution in [1.29, 1.82) is 0 Å². The largest absolute Gasteiger partial charge is 0.398 e. The van der Waals surface area contributed by atoms with E-state index in [-0.39, 0.29) is 24.7 Å². The maximum Gasteiger partial charge on any atom is 0.328 e. The van der Waals surface area contributed by atoms with Crippen LogP contribution in [0.15, 0.2) is 66.7 Å². The molecule has 40 heavy (non-hydrogen) atoms. The maximum absolute atomic E-state index is 14.0. The number of nitrogen functional groups attached to an aromatic ring is 1. The molecule has 0 fully saturated rings. The van der Waals surface area contributed by atoms with Gasteiger partial charge < -0.3 is 27.2 Å². The summed E-state index contributed by atoms with van der Waals surface area (Å²) in [4.78, 5) is 41.3. The van der Waals surface area contributed by atoms with Crippen LogP contribution in [0.2, 0.25) is 0 Å². The topological polar surface area (TPSA) is 151 Å². The molecule has 3 atom stereocenters. The molecular weight excluding hydrogens is 513 g/mol. The molecule has 1 heterocycles. The smallest absolute Gasteiger partial charge is 0.328 e. The Kier molecular flexibility index (Phi) is 8.51. The van der Waals surface area contributed by atoms with Crippen LogP contribution in [0.1, 0.15) is 25.8 Å². The molecule has 3 aromatic carbocycles. The molecule has 1 aliphatic rings. The number of aliphatic hydroxyl groups excluding tert-OH is 1. The Labute approximate surface area is 232 Å². The van der Waals surface area contributed by atoms with Crippen molar-refractivity contribution in [2.75, 3.05) is 29.1 Å². The molecule has 3 aromatic rings. The number of carbonyl (C=O) groups is 3. The third kappa shape index (κ3) is 5.83. The normalized spacial score (nSPS) is 17.0. The summed E-state index contributed by atoms with van der Waals surface area (Å²) in [7, 11) is 0. The van der Waals surface area contributed by atoms with Crippen molar-refractivity contribution in [2.45, 2.75) is 32.2 Å². The van der Waals surface area contributed by atoms with E-state index in [0.29, 0.717) is 29.8 Å². The van der Waals surface area contributed by atoms with Gasteiger partial charge in [0.1, 0.15) is 5.82 Å². The summed E-state index contributed by atoms with van der Waals surface area (Å²) in [6, 6.07) is 17.5. The molecule has 4 amide bonds. The maximum atomic E-state index is 14.0. The zero-order valence-electron chi connectivity index (χ0n) is 22.5. The van der Waals surface area contributed by atoms with Crippen LogP contribution in [0.3, 0.4) is 0 Å². The highest BCUT2D eigenvalue weighted by Crippen LogP contribution is 2.35. The second-order valence-corrected chi connectivity index (χ2v) is 10.2. The molecule has 0 bridgehead atoms. The van der Waals surface area contributed by atoms with Crippen molar-refractivity contribution in [1.82, 2.24) is 5.32 Å². The SMILES string of the molecule is C[C@H](C1CCc2cc(F)ccc2NC1=O)C(C)(N)C(=O)N(C(=O)NCCO)c1ccc(-c2ccccc2N)cc1. The first kappa shape index (κ1) is 28.7. The highest BCUT2D eigenvalue weighted by Gasteiger charge is 2.46. The van der Waals surface area contributed by atoms with Crippen molar-refractivity contribution in [3.8, 4) is 11.1 Å². The lowest BCUT2D eigenvalue weighted by Crippen LogP contribution is -2.62. The van der Waals surface area contributed by atoms with E-state index in [1.54, 1.807) is 37.3 Å². The Hall–Kier alpha value is -4.28. The second-order valence-electron chi connectivity index (χ2n) is 10.2. The molecule has 9 nitrogen and oxygen atoms in total. The Bertz CT molecular complexity index is 1410. The Morgan fingerprint density at radius 2 is 1.88 bits per heavy atom. The number of carbonyl (C=O) groups excluding carboxylic acids is 3. The number of aryl methyl sites for hydroxylation is 1. The Morgan fingerprint density at radius 1 is 1.18 bits per heavy atom. The van der Waals surface area contributed by atoms with Gasteiger partial charge in [-0.05, 0) is 73.2 Å². The first-order valence-electron chi connectivity index (χ1n) is 13.1. The van der Waals surface area contributed by atoms with Gasteiger partial charge in [0.15, 0.2) is 0 Å². The van der Waals surface area contributed by atoms with E-state index in [1.807, 2.05) is 18.2 Å². The highest BCUT2D eigenvalue weighted by atomic mass is 19.1. The number of halogens is 1. The lowest BCUT2D eigenvalue weighted by atomic mass is 9.75. The minimum Gasteiger partial charge on any atom is -0.398 e. The standard InChI is InChI=1S/C30H34FN5O4/c1-18(23-13-9-20-17-21(31)10-14-26(20)35-27(23)38)30(2,33)28(39)36(29(40)34-15-16-37)22-11-7-19(8-12-22)24-5-3-4-6-25(24)32/h3-8,10-12,14,17-18,23,37H,9,13,15-16,32-33H2,1-2H3,(H,34,40)(H,35,38)/t18-,23?,30?/m1/s1. The van der Waals surface area contributed by atoms with Crippen molar-refractivity contribution in [3.63, 3.8) is 0 Å². The van der Waals surface area contributed by atoms with Gasteiger partial charge in [-0.15, -0.1) is 0 Å². The molecule has 2 unspecified atom stereocenters. The minimum absolute atomic E-state index is 0.0715. The lowest BCUT2D eigenvalue weighted by molar-refractivity contribution is -0.127. The van der Waals surface area contributed by atoms with Gasteiger partial charge in [0.2, 0.25) is 5.91 Å². The van der Waals surface area contributed by atoms with Gasteiger partial charge >= 0.3 is 6.03 Å². The van der Waals surface area contributed by atoms with E-state index in [2.05, 4.69) is 10.6 Å². The zero-order valence-corrected chi connectivity index (χ0v) is 22.5. The number of urea groups is 1. The number of anilines is 3. The molecule has 0 radical (unpaired) electrons. The predicted molar refractivity (Wildman–Crippen MR) is 153 cm³/mol. The molecule has 210 valence electrons. The number of hydrogen-bond donors (Lipinski definition) is 5. The third-order valence-electron chi connectivity index (χ3n) is 7.59. The summed E-state index contributed by atoms with van der Waals surface area (Å²) in [5, 5.41) is 14.6. The molecule has 0 saturated heterocycles. The molecule has 4 rings (SSSR count). The second kappa shape index (κ2) is 11.8. The van der Waals surface area contributed by atoms with E-state index in [9.17, 15) is 23.9 Å². The number of hydrogen-bond acceptors (Lipinski definition) is 6. The fraction of sp³-hybridized carbons (Fsp3) is 0.300. The lowest BCUT2D eigenvalue weighted by Gasteiger charge is -2.37. The first-order chi connectivity index (χ1) is 19.0. The number of nitrogens with two attached hydrogens (primary N) is 2. The van der Waals surface area contributed by atoms with Gasteiger partial charge in [0.05, 0.1) is 17.8 Å². The number of nitrogens with zero attached hydrogens (tertiary/aromatic N) is 1. The summed E-state index contributed by atoms with van der Waals surface area (Å²) < 4.78 is 13.8. The average Bonchev–Trinajstić information content (AvgIpc) is 3.10. The number of nitrogens with one attached hydrogen (secondary N) is 2. The Balaban J connectivity index is 1.62. The molecule has 7 N–H and O–H groups in total. The van der Waals surface area contributed by atoms with E-state index in [4.69, 9.17) is 11.5 Å². The minimum atomic E-state index is -1.65. The summed E-state index contributed by atoms with van der Waals surface area (Å²) in [5.41, 5.74) is 14.7. The molecule has 10 heteroatoms. The monoisotopic (exact) mass is 547 g/mol. The quantitative estimate of drug-likeness (QED) is 0.285. The van der Waals surface area contributed by atoms with Crippen LogP contribution < -0.4 is 27.0 Å². The van der Waals surface area contributed by atoms with E-state index >= 15 is 0 Å². The fourth-order valence-corrected chi connectivity index (χ4v) is 5.01. The molecule has 1 aliphatic heterocycles. The van der Waals surface area contributed by atoms with E-state index in [0.717, 1.165) is 16.0 Å². The van der Waals surface area contributed by atoms with Crippen LogP contribution in [0.5, 0.6) is 0 Å². The van der Waals surface area contributed by atoms with Crippen LogP contribution >= 0.6 is 0 Å². The molecule has 0 aliphatic carbocycles. The van der Waals surface area contributed by atoms with Gasteiger partial charge in [-0.1, -0.05) is 37.3 Å². The number of benzene rings is 3. The van der Waals surface area contributed by atoms with Crippen molar-refractivity contribution >= 4 is 34.9 Å². The number of fused-ring (bicyclic) bond motifs is 1. The van der Waals surface area contributed by atoms with Crippen LogP contribution in [0.25, 0.3) is 11.1 Å². The summed E-state index contributed by atoms with van der Waals surface area (Å²) >= 11 is 0. The first-order valence-corrected chi connectivity index (χ1v) is 13.1. The molecular formula is C30H34FN5O4. The van der Waals surface area contributed by atoms with E-state index < -0.39 is 35.1 Å². The molecule has 0 spiro atoms. The summed E-state index contributed by atoms with van der Waals surface area (Å²) in [5.74, 6) is -2.83. The van der Waals surface area contributed by atoms with Gasteiger partial charge in [-0.25, -0.2) is 14.1 Å². The number of amides is 4. The number of aliphatic hydroxyl groups is 1. The van der Waals surface area contributed by atoms with Crippen LogP contribution in [-0.2, 0) is 16.0 Å². The molecule has 0 saturated carbocycles. The zero-order chi connectivity index (χ0) is 29.0. The predicted octanol–water partition coefficient (Wildman–Crippen LogP) is 3.66. The van der Waals surface area contributed by atoms with Gasteiger partial charge in [0, 0.05) is 29.4 Å². The Morgan fingerprint density at radius 3 is 2.55 bits per heavy atom. The van der Waals surface area contributed by atoms with Gasteiger partial charge in [0.25, 0.3) is 5.91 Å². The number of rotatable bonds is 7. The van der Waals surface area contributed by atoms with Crippen molar-refractivity contribution in [2.24, 2.45) is 17.6 Å². The van der Waals surface area contributed by atoms with Gasteiger partial charge in [-0.3, -0.25) is 9.59 Å². The highest BCUT2D eigenvalue weighted by molar-refractivity contribution is 6.17. The summed E-state index contributed by atoms with van der Waals surface area (Å²) in [6.07, 6.45) is 0.753. The number of para-hydroxylation sites is 1. The fourth-order valence-electron chi connectivity index (χ4n) is 5.01. The van der Waals surface area contributed by atoms with Crippen LogP contribution in [0, 0.1) is 17.7 Å². The van der Waals surface area contributed by atoms with E-state index in [1.165, 1.54) is 25.1 Å². The van der Waals surface area contributed by atoms with Crippen LogP contribution in [-0.4, -0.2) is 41.6 Å². The number of imide groups is 1. The molecule has 0 aromatic heterocycles. The average molecular weight is 548 g/mol. The van der Waals surface area contributed by atoms with Crippen molar-refractivity contribution < 1.29 is 23.9 Å². The van der Waals surface area contributed by atoms with Crippen LogP contribution in [0.4, 0.5) is 26.2 Å². The summed E-state index contributed by atoms with van der Waals surface area (Å²) in [6.45, 7) is 2.80. The third-order valence-corrected chi connectivity index (χ3v) is 7.59. The van der Waals surface area contributed by atoms with Gasteiger partial charge in [-0.2, -0.15) is 0 Å². The van der Waals surface area contributed by atoms with Crippen molar-refractivity contribution in [3.05, 3.63) is 78.1 Å².